The quantitative estimate of drug-likeness (QED) is 0.691. The van der Waals surface area contributed by atoms with Crippen LogP contribution in [0.1, 0.15) is 17.9 Å². The van der Waals surface area contributed by atoms with Crippen molar-refractivity contribution >= 4 is 39.1 Å². The topological polar surface area (TPSA) is 102 Å². The molecule has 7 nitrogen and oxygen atoms in total. The Hall–Kier alpha value is -1.58. The molecule has 0 spiro atoms. The lowest BCUT2D eigenvalue weighted by Gasteiger charge is -2.05. The summed E-state index contributed by atoms with van der Waals surface area (Å²) in [6.45, 7) is 0.351. The first-order valence-corrected chi connectivity index (χ1v) is 11.3. The van der Waals surface area contributed by atoms with Crippen LogP contribution in [0, 0.1) is 5.92 Å². The van der Waals surface area contributed by atoms with Gasteiger partial charge in [-0.3, -0.25) is 4.79 Å². The lowest BCUT2D eigenvalue weighted by Crippen LogP contribution is -2.24. The van der Waals surface area contributed by atoms with E-state index in [1.165, 1.54) is 0 Å². The van der Waals surface area contributed by atoms with E-state index in [0.717, 1.165) is 17.3 Å². The zero-order valence-corrected chi connectivity index (χ0v) is 16.2. The van der Waals surface area contributed by atoms with Gasteiger partial charge in [-0.2, -0.15) is 0 Å². The molecule has 1 saturated heterocycles. The number of carbonyl (C=O) groups is 1. The van der Waals surface area contributed by atoms with Crippen LogP contribution in [0.2, 0.25) is 5.02 Å². The number of hydrogen-bond donors (Lipinski definition) is 1. The van der Waals surface area contributed by atoms with E-state index in [9.17, 15) is 13.2 Å². The number of sulfone groups is 1. The summed E-state index contributed by atoms with van der Waals surface area (Å²) < 4.78 is 28.4. The number of amides is 1. The van der Waals surface area contributed by atoms with Gasteiger partial charge in [-0.15, -0.1) is 10.2 Å². The standard InChI is InChI=1S/C16H18ClN3O4S2/c17-13-4-2-1-3-12(13)8-18-14(21)9-25-16-20-19-15(24-16)7-11-5-6-26(22,23)10-11/h1-4,11H,5-10H2,(H,18,21)/t11-/m1/s1. The highest BCUT2D eigenvalue weighted by molar-refractivity contribution is 7.99. The molecule has 1 atom stereocenters. The summed E-state index contributed by atoms with van der Waals surface area (Å²) in [7, 11) is -2.92. The second-order valence-electron chi connectivity index (χ2n) is 6.09. The molecule has 3 rings (SSSR count). The molecule has 10 heteroatoms. The number of nitrogens with zero attached hydrogens (tertiary/aromatic N) is 2. The van der Waals surface area contributed by atoms with E-state index in [2.05, 4.69) is 15.5 Å². The maximum atomic E-state index is 11.9. The molecule has 26 heavy (non-hydrogen) atoms. The van der Waals surface area contributed by atoms with E-state index in [-0.39, 0.29) is 29.1 Å². The van der Waals surface area contributed by atoms with E-state index in [0.29, 0.717) is 35.5 Å². The minimum atomic E-state index is -2.92. The predicted octanol–water partition coefficient (Wildman–Crippen LogP) is 2.11. The molecule has 0 unspecified atom stereocenters. The van der Waals surface area contributed by atoms with Crippen molar-refractivity contribution in [2.45, 2.75) is 24.6 Å². The highest BCUT2D eigenvalue weighted by atomic mass is 35.5. The first-order valence-electron chi connectivity index (χ1n) is 8.07. The molecule has 1 aliphatic heterocycles. The number of benzene rings is 1. The number of thioether (sulfide) groups is 1. The molecule has 140 valence electrons. The summed E-state index contributed by atoms with van der Waals surface area (Å²) in [5.74, 6) is 0.797. The molecule has 0 aliphatic carbocycles. The number of rotatable bonds is 7. The molecule has 1 aromatic carbocycles. The van der Waals surface area contributed by atoms with Crippen molar-refractivity contribution in [2.24, 2.45) is 5.92 Å². The van der Waals surface area contributed by atoms with Crippen LogP contribution in [0.15, 0.2) is 33.9 Å². The average Bonchev–Trinajstić information content (AvgIpc) is 3.18. The third-order valence-corrected chi connectivity index (χ3v) is 7.02. The van der Waals surface area contributed by atoms with Crippen LogP contribution in [0.4, 0.5) is 0 Å². The first-order chi connectivity index (χ1) is 12.4. The highest BCUT2D eigenvalue weighted by Gasteiger charge is 2.29. The second kappa shape index (κ2) is 8.41. The van der Waals surface area contributed by atoms with Crippen LogP contribution >= 0.6 is 23.4 Å². The van der Waals surface area contributed by atoms with E-state index < -0.39 is 9.84 Å². The fourth-order valence-electron chi connectivity index (χ4n) is 2.67. The maximum Gasteiger partial charge on any atom is 0.277 e. The Morgan fingerprint density at radius 2 is 2.15 bits per heavy atom. The summed E-state index contributed by atoms with van der Waals surface area (Å²) >= 11 is 7.19. The van der Waals surface area contributed by atoms with Gasteiger partial charge < -0.3 is 9.73 Å². The number of halogens is 1. The largest absolute Gasteiger partial charge is 0.416 e. The van der Waals surface area contributed by atoms with Crippen molar-refractivity contribution in [3.05, 3.63) is 40.7 Å². The minimum absolute atomic E-state index is 0.0252. The Kier molecular flexibility index (Phi) is 6.20. The fourth-order valence-corrected chi connectivity index (χ4v) is 5.35. The number of carbonyl (C=O) groups excluding carboxylic acids is 1. The van der Waals surface area contributed by atoms with Gasteiger partial charge in [0.1, 0.15) is 0 Å². The first kappa shape index (κ1) is 19.2. The lowest BCUT2D eigenvalue weighted by molar-refractivity contribution is -0.118. The van der Waals surface area contributed by atoms with E-state index in [4.69, 9.17) is 16.0 Å². The molecule has 2 aromatic rings. The van der Waals surface area contributed by atoms with Gasteiger partial charge in [-0.05, 0) is 24.0 Å². The molecule has 0 saturated carbocycles. The maximum absolute atomic E-state index is 11.9. The van der Waals surface area contributed by atoms with Crippen LogP contribution in [0.3, 0.4) is 0 Å². The summed E-state index contributed by atoms with van der Waals surface area (Å²) in [6, 6.07) is 7.31. The average molecular weight is 416 g/mol. The highest BCUT2D eigenvalue weighted by Crippen LogP contribution is 2.24. The summed E-state index contributed by atoms with van der Waals surface area (Å²) in [5, 5.41) is 11.5. The van der Waals surface area contributed by atoms with Crippen LogP contribution in [-0.4, -0.2) is 41.8 Å². The van der Waals surface area contributed by atoms with Gasteiger partial charge in [0.15, 0.2) is 9.84 Å². The fraction of sp³-hybridized carbons (Fsp3) is 0.438. The number of hydrogen-bond acceptors (Lipinski definition) is 7. The van der Waals surface area contributed by atoms with Crippen molar-refractivity contribution in [3.63, 3.8) is 0 Å². The SMILES string of the molecule is O=C(CSc1nnc(C[C@H]2CCS(=O)(=O)C2)o1)NCc1ccccc1Cl. The number of aromatic nitrogens is 2. The van der Waals surface area contributed by atoms with Gasteiger partial charge in [0.05, 0.1) is 17.3 Å². The van der Waals surface area contributed by atoms with Gasteiger partial charge in [-0.25, -0.2) is 8.42 Å². The number of nitrogens with one attached hydrogen (secondary N) is 1. The Bertz CT molecular complexity index is 885. The van der Waals surface area contributed by atoms with Gasteiger partial charge >= 0.3 is 0 Å². The Balaban J connectivity index is 1.43. The molecular formula is C16H18ClN3O4S2. The van der Waals surface area contributed by atoms with E-state index in [1.54, 1.807) is 6.07 Å². The molecule has 1 amide bonds. The van der Waals surface area contributed by atoms with E-state index in [1.807, 2.05) is 18.2 Å². The summed E-state index contributed by atoms with van der Waals surface area (Å²) in [5.41, 5.74) is 0.846. The smallest absolute Gasteiger partial charge is 0.277 e. The molecular weight excluding hydrogens is 398 g/mol. The Morgan fingerprint density at radius 1 is 1.35 bits per heavy atom. The van der Waals surface area contributed by atoms with Gasteiger partial charge in [0.25, 0.3) is 5.22 Å². The van der Waals surface area contributed by atoms with Crippen LogP contribution in [-0.2, 0) is 27.6 Å². The molecule has 2 heterocycles. The molecule has 1 N–H and O–H groups in total. The normalized spacial score (nSPS) is 18.7. The third kappa shape index (κ3) is 5.46. The van der Waals surface area contributed by atoms with Crippen molar-refractivity contribution < 1.29 is 17.6 Å². The van der Waals surface area contributed by atoms with Crippen LogP contribution < -0.4 is 5.32 Å². The molecule has 1 aliphatic rings. The van der Waals surface area contributed by atoms with Gasteiger partial charge in [0.2, 0.25) is 11.8 Å². The summed E-state index contributed by atoms with van der Waals surface area (Å²) in [4.78, 5) is 11.9. The van der Waals surface area contributed by atoms with Gasteiger partial charge in [0, 0.05) is 18.0 Å². The van der Waals surface area contributed by atoms with Crippen molar-refractivity contribution in [3.8, 4) is 0 Å². The van der Waals surface area contributed by atoms with Crippen LogP contribution in [0.25, 0.3) is 0 Å². The summed E-state index contributed by atoms with van der Waals surface area (Å²) in [6.07, 6.45) is 1.07. The molecule has 0 bridgehead atoms. The predicted molar refractivity (Wildman–Crippen MR) is 98.8 cm³/mol. The lowest BCUT2D eigenvalue weighted by atomic mass is 10.1. The molecule has 0 radical (unpaired) electrons. The van der Waals surface area contributed by atoms with Gasteiger partial charge in [-0.1, -0.05) is 41.6 Å². The molecule has 1 aromatic heterocycles. The zero-order valence-electron chi connectivity index (χ0n) is 13.9. The minimum Gasteiger partial charge on any atom is -0.416 e. The van der Waals surface area contributed by atoms with Crippen molar-refractivity contribution in [2.75, 3.05) is 17.3 Å². The van der Waals surface area contributed by atoms with Crippen LogP contribution in [0.5, 0.6) is 0 Å². The third-order valence-electron chi connectivity index (χ3n) is 4.00. The Morgan fingerprint density at radius 3 is 2.88 bits per heavy atom. The van der Waals surface area contributed by atoms with Crippen molar-refractivity contribution in [1.82, 2.24) is 15.5 Å². The van der Waals surface area contributed by atoms with Crippen molar-refractivity contribution in [1.29, 1.82) is 0 Å². The monoisotopic (exact) mass is 415 g/mol. The zero-order chi connectivity index (χ0) is 18.6. The second-order valence-corrected chi connectivity index (χ2v) is 9.65. The Labute approximate surface area is 160 Å². The van der Waals surface area contributed by atoms with E-state index >= 15 is 0 Å². The molecule has 1 fully saturated rings.